The molecule has 176 valence electrons. The fraction of sp³-hybridized carbons (Fsp3) is 0.318. The number of halogens is 2. The Morgan fingerprint density at radius 2 is 1.94 bits per heavy atom. The Morgan fingerprint density at radius 3 is 2.55 bits per heavy atom. The van der Waals surface area contributed by atoms with Gasteiger partial charge in [-0.1, -0.05) is 17.7 Å². The van der Waals surface area contributed by atoms with E-state index in [1.54, 1.807) is 33.8 Å². The number of aryl methyl sites for hydroxylation is 1. The van der Waals surface area contributed by atoms with Crippen LogP contribution in [0.4, 0.5) is 9.18 Å². The van der Waals surface area contributed by atoms with Crippen LogP contribution in [0.15, 0.2) is 52.5 Å². The normalized spacial score (nSPS) is 12.0. The van der Waals surface area contributed by atoms with E-state index < -0.39 is 27.3 Å². The molecule has 0 aliphatic rings. The number of carbonyl (C=O) groups is 1. The van der Waals surface area contributed by atoms with Crippen LogP contribution in [0.3, 0.4) is 0 Å². The van der Waals surface area contributed by atoms with E-state index in [1.807, 2.05) is 0 Å². The van der Waals surface area contributed by atoms with E-state index in [0.29, 0.717) is 5.69 Å². The van der Waals surface area contributed by atoms with Gasteiger partial charge in [-0.2, -0.15) is 5.10 Å². The number of nitrogens with zero attached hydrogens (tertiary/aromatic N) is 4. The van der Waals surface area contributed by atoms with Crippen molar-refractivity contribution in [2.75, 3.05) is 7.05 Å². The van der Waals surface area contributed by atoms with E-state index >= 15 is 0 Å². The Labute approximate surface area is 196 Å². The monoisotopic (exact) mass is 494 g/mol. The summed E-state index contributed by atoms with van der Waals surface area (Å²) in [5.41, 5.74) is 0.228. The minimum Gasteiger partial charge on any atom is -0.444 e. The van der Waals surface area contributed by atoms with E-state index in [0.717, 1.165) is 10.7 Å². The second-order valence-electron chi connectivity index (χ2n) is 8.43. The second kappa shape index (κ2) is 9.11. The number of carbonyl (C=O) groups excluding carboxylic acids is 1. The molecule has 33 heavy (non-hydrogen) atoms. The average molecular weight is 495 g/mol. The molecule has 1 amide bonds. The average Bonchev–Trinajstić information content (AvgIpc) is 3.13. The first-order valence-electron chi connectivity index (χ1n) is 9.95. The van der Waals surface area contributed by atoms with Gasteiger partial charge < -0.3 is 9.64 Å². The molecule has 0 fully saturated rings. The molecule has 0 radical (unpaired) electrons. The van der Waals surface area contributed by atoms with Crippen LogP contribution in [0.25, 0.3) is 5.69 Å². The number of pyridine rings is 1. The Hall–Kier alpha value is -2.98. The third kappa shape index (κ3) is 5.51. The van der Waals surface area contributed by atoms with Crippen LogP contribution in [0.5, 0.6) is 0 Å². The van der Waals surface area contributed by atoms with E-state index in [2.05, 4.69) is 10.1 Å². The summed E-state index contributed by atoms with van der Waals surface area (Å²) >= 11 is 6.13. The lowest BCUT2D eigenvalue weighted by Gasteiger charge is -2.24. The lowest BCUT2D eigenvalue weighted by atomic mass is 10.2. The van der Waals surface area contributed by atoms with Crippen molar-refractivity contribution in [3.63, 3.8) is 0 Å². The first kappa shape index (κ1) is 24.7. The molecule has 0 spiro atoms. The second-order valence-corrected chi connectivity index (χ2v) is 10.7. The van der Waals surface area contributed by atoms with Crippen LogP contribution in [0.2, 0.25) is 5.02 Å². The van der Waals surface area contributed by atoms with E-state index in [-0.39, 0.29) is 32.9 Å². The molecular weight excluding hydrogens is 471 g/mol. The Balaban J connectivity index is 2.10. The highest BCUT2D eigenvalue weighted by molar-refractivity contribution is 7.91. The van der Waals surface area contributed by atoms with Crippen LogP contribution in [-0.2, 0) is 21.1 Å². The molecule has 3 aromatic rings. The van der Waals surface area contributed by atoms with Crippen molar-refractivity contribution in [1.29, 1.82) is 0 Å². The first-order chi connectivity index (χ1) is 15.3. The summed E-state index contributed by atoms with van der Waals surface area (Å²) in [6.07, 6.45) is 0.634. The number of rotatable bonds is 5. The number of hydrogen-bond donors (Lipinski definition) is 0. The number of ether oxygens (including phenoxy) is 1. The van der Waals surface area contributed by atoms with Gasteiger partial charge in [0.25, 0.3) is 0 Å². The molecule has 0 aliphatic heterocycles. The molecule has 3 rings (SSSR count). The molecule has 0 aliphatic carbocycles. The number of benzene rings is 1. The highest BCUT2D eigenvalue weighted by Crippen LogP contribution is 2.29. The molecule has 0 N–H and O–H groups in total. The summed E-state index contributed by atoms with van der Waals surface area (Å²) in [6, 6.07) is 8.32. The lowest BCUT2D eigenvalue weighted by Crippen LogP contribution is -2.33. The van der Waals surface area contributed by atoms with Crippen molar-refractivity contribution in [3.8, 4) is 5.69 Å². The molecule has 0 atom stereocenters. The van der Waals surface area contributed by atoms with E-state index in [9.17, 15) is 17.6 Å². The minimum absolute atomic E-state index is 0.0430. The molecule has 0 bridgehead atoms. The van der Waals surface area contributed by atoms with Crippen LogP contribution < -0.4 is 0 Å². The van der Waals surface area contributed by atoms with Crippen LogP contribution in [0, 0.1) is 12.7 Å². The zero-order chi connectivity index (χ0) is 24.6. The lowest BCUT2D eigenvalue weighted by molar-refractivity contribution is 0.0283. The Bertz CT molecular complexity index is 1280. The molecule has 2 aromatic heterocycles. The number of aromatic nitrogens is 3. The summed E-state index contributed by atoms with van der Waals surface area (Å²) < 4.78 is 47.4. The Kier molecular flexibility index (Phi) is 6.80. The van der Waals surface area contributed by atoms with Gasteiger partial charge in [-0.15, -0.1) is 0 Å². The van der Waals surface area contributed by atoms with Crippen LogP contribution in [0.1, 0.15) is 32.2 Å². The number of hydrogen-bond acceptors (Lipinski definition) is 6. The van der Waals surface area contributed by atoms with Gasteiger partial charge >= 0.3 is 6.09 Å². The van der Waals surface area contributed by atoms with E-state index in [1.165, 1.54) is 42.4 Å². The number of amides is 1. The summed E-state index contributed by atoms with van der Waals surface area (Å²) in [5.74, 6) is -0.725. The van der Waals surface area contributed by atoms with Crippen molar-refractivity contribution in [3.05, 3.63) is 64.8 Å². The van der Waals surface area contributed by atoms with Crippen LogP contribution in [-0.4, -0.2) is 46.8 Å². The van der Waals surface area contributed by atoms with Gasteiger partial charge in [0.05, 0.1) is 22.8 Å². The maximum absolute atomic E-state index is 14.1. The van der Waals surface area contributed by atoms with Gasteiger partial charge in [0.15, 0.2) is 5.03 Å². The van der Waals surface area contributed by atoms with Crippen molar-refractivity contribution >= 4 is 27.5 Å². The van der Waals surface area contributed by atoms with Gasteiger partial charge in [0.1, 0.15) is 16.4 Å². The maximum Gasteiger partial charge on any atom is 0.410 e. The molecule has 0 saturated carbocycles. The molecule has 1 aromatic carbocycles. The van der Waals surface area contributed by atoms with Crippen molar-refractivity contribution in [2.45, 2.75) is 49.8 Å². The fourth-order valence-electron chi connectivity index (χ4n) is 2.89. The predicted molar refractivity (Wildman–Crippen MR) is 121 cm³/mol. The molecule has 0 saturated heterocycles. The van der Waals surface area contributed by atoms with Gasteiger partial charge in [-0.25, -0.2) is 22.3 Å². The van der Waals surface area contributed by atoms with Gasteiger partial charge in [-0.3, -0.25) is 4.98 Å². The summed E-state index contributed by atoms with van der Waals surface area (Å²) in [4.78, 5) is 17.6. The maximum atomic E-state index is 14.1. The van der Waals surface area contributed by atoms with Crippen LogP contribution >= 0.6 is 11.6 Å². The SMILES string of the molecule is Cc1ccc(S(=O)(=O)c2cc(CN(C)C(=O)OC(C)(C)C)nn2-c2cccc(F)c2Cl)cn1. The highest BCUT2D eigenvalue weighted by atomic mass is 35.5. The van der Waals surface area contributed by atoms with E-state index in [4.69, 9.17) is 16.3 Å². The topological polar surface area (TPSA) is 94.4 Å². The highest BCUT2D eigenvalue weighted by Gasteiger charge is 2.28. The molecule has 11 heteroatoms. The third-order valence-corrected chi connectivity index (χ3v) is 6.54. The first-order valence-corrected chi connectivity index (χ1v) is 11.8. The molecule has 0 unspecified atom stereocenters. The number of sulfone groups is 1. The molecular formula is C22H24ClFN4O4S. The standard InChI is InChI=1S/C22H24ClFN4O4S/c1-14-9-10-16(12-25-14)33(30,31)19-11-15(13-27(5)21(29)32-22(2,3)4)26-28(19)18-8-6-7-17(24)20(18)23/h6-12H,13H2,1-5H3. The molecule has 2 heterocycles. The summed E-state index contributed by atoms with van der Waals surface area (Å²) in [7, 11) is -2.61. The van der Waals surface area contributed by atoms with Crippen molar-refractivity contribution < 1.29 is 22.3 Å². The van der Waals surface area contributed by atoms with Gasteiger partial charge in [0, 0.05) is 25.0 Å². The zero-order valence-electron chi connectivity index (χ0n) is 18.8. The third-order valence-electron chi connectivity index (χ3n) is 4.46. The van der Waals surface area contributed by atoms with Crippen molar-refractivity contribution in [1.82, 2.24) is 19.7 Å². The van der Waals surface area contributed by atoms with Crippen molar-refractivity contribution in [2.24, 2.45) is 0 Å². The largest absolute Gasteiger partial charge is 0.444 e. The van der Waals surface area contributed by atoms with Gasteiger partial charge in [-0.05, 0) is 52.0 Å². The summed E-state index contributed by atoms with van der Waals surface area (Å²) in [6.45, 7) is 6.89. The summed E-state index contributed by atoms with van der Waals surface area (Å²) in [5, 5.41) is 3.80. The Morgan fingerprint density at radius 1 is 1.24 bits per heavy atom. The predicted octanol–water partition coefficient (Wildman–Crippen LogP) is 4.57. The molecule has 8 nitrogen and oxygen atoms in total. The smallest absolute Gasteiger partial charge is 0.410 e. The minimum atomic E-state index is -4.11. The fourth-order valence-corrected chi connectivity index (χ4v) is 4.43. The van der Waals surface area contributed by atoms with Gasteiger partial charge in [0.2, 0.25) is 9.84 Å². The zero-order valence-corrected chi connectivity index (χ0v) is 20.4. The quantitative estimate of drug-likeness (QED) is 0.515.